The highest BCUT2D eigenvalue weighted by molar-refractivity contribution is 5.20. The summed E-state index contributed by atoms with van der Waals surface area (Å²) in [5, 5.41) is 3.39. The Hall–Kier alpha value is -0.840. The number of nitrogens with zero attached hydrogens (tertiary/aromatic N) is 2. The van der Waals surface area contributed by atoms with E-state index in [0.717, 1.165) is 37.6 Å². The molecule has 1 fully saturated rings. The van der Waals surface area contributed by atoms with Gasteiger partial charge in [-0.1, -0.05) is 13.8 Å². The summed E-state index contributed by atoms with van der Waals surface area (Å²) >= 11 is 0. The maximum atomic E-state index is 5.85. The molecule has 2 heterocycles. The van der Waals surface area contributed by atoms with E-state index in [-0.39, 0.29) is 0 Å². The standard InChI is InChI=1S/C16H29N3O/c1-4-6-17-12-16-11-15(14(3)20-16)13-19-9-7-18(5-2)8-10-19/h11,17H,4-10,12-13H2,1-3H3. The first-order valence-electron chi connectivity index (χ1n) is 7.96. The van der Waals surface area contributed by atoms with Gasteiger partial charge in [0, 0.05) is 38.3 Å². The smallest absolute Gasteiger partial charge is 0.118 e. The molecule has 0 atom stereocenters. The SMILES string of the molecule is CCCNCc1cc(CN2CCN(CC)CC2)c(C)o1. The average Bonchev–Trinajstić information content (AvgIpc) is 2.80. The van der Waals surface area contributed by atoms with Gasteiger partial charge in [0.15, 0.2) is 0 Å². The molecule has 4 nitrogen and oxygen atoms in total. The molecule has 0 unspecified atom stereocenters. The third-order valence-electron chi connectivity index (χ3n) is 4.10. The molecule has 1 saturated heterocycles. The minimum atomic E-state index is 0.846. The molecule has 4 heteroatoms. The second-order valence-corrected chi connectivity index (χ2v) is 5.68. The number of piperazine rings is 1. The summed E-state index contributed by atoms with van der Waals surface area (Å²) in [6, 6.07) is 2.23. The van der Waals surface area contributed by atoms with Crippen molar-refractivity contribution in [3.63, 3.8) is 0 Å². The Morgan fingerprint density at radius 1 is 1.15 bits per heavy atom. The van der Waals surface area contributed by atoms with Gasteiger partial charge in [0.25, 0.3) is 0 Å². The van der Waals surface area contributed by atoms with Crippen LogP contribution in [0.1, 0.15) is 37.4 Å². The highest BCUT2D eigenvalue weighted by Crippen LogP contribution is 2.17. The second-order valence-electron chi connectivity index (χ2n) is 5.68. The number of rotatable bonds is 7. The van der Waals surface area contributed by atoms with Gasteiger partial charge in [-0.05, 0) is 32.5 Å². The van der Waals surface area contributed by atoms with E-state index in [2.05, 4.69) is 42.0 Å². The molecule has 0 radical (unpaired) electrons. The number of hydrogen-bond acceptors (Lipinski definition) is 4. The van der Waals surface area contributed by atoms with E-state index in [1.165, 1.54) is 38.3 Å². The Morgan fingerprint density at radius 3 is 2.50 bits per heavy atom. The topological polar surface area (TPSA) is 31.6 Å². The largest absolute Gasteiger partial charge is 0.465 e. The fourth-order valence-corrected chi connectivity index (χ4v) is 2.72. The van der Waals surface area contributed by atoms with Crippen molar-refractivity contribution >= 4 is 0 Å². The van der Waals surface area contributed by atoms with Gasteiger partial charge in [0.05, 0.1) is 6.54 Å². The summed E-state index contributed by atoms with van der Waals surface area (Å²) < 4.78 is 5.85. The second kappa shape index (κ2) is 7.81. The van der Waals surface area contributed by atoms with Crippen LogP contribution < -0.4 is 5.32 Å². The highest BCUT2D eigenvalue weighted by Gasteiger charge is 2.17. The van der Waals surface area contributed by atoms with Crippen molar-refractivity contribution in [3.8, 4) is 0 Å². The normalized spacial score (nSPS) is 17.8. The summed E-state index contributed by atoms with van der Waals surface area (Å²) in [5.41, 5.74) is 1.35. The molecule has 1 aromatic heterocycles. The van der Waals surface area contributed by atoms with E-state index in [9.17, 15) is 0 Å². The van der Waals surface area contributed by atoms with E-state index in [4.69, 9.17) is 4.42 Å². The monoisotopic (exact) mass is 279 g/mol. The van der Waals surface area contributed by atoms with Gasteiger partial charge in [-0.25, -0.2) is 0 Å². The number of aryl methyl sites for hydroxylation is 1. The minimum Gasteiger partial charge on any atom is -0.465 e. The van der Waals surface area contributed by atoms with Crippen LogP contribution >= 0.6 is 0 Å². The van der Waals surface area contributed by atoms with E-state index >= 15 is 0 Å². The zero-order chi connectivity index (χ0) is 14.4. The number of likely N-dealkylation sites (N-methyl/N-ethyl adjacent to an activating group) is 1. The van der Waals surface area contributed by atoms with Crippen LogP contribution in [0.3, 0.4) is 0 Å². The first-order valence-corrected chi connectivity index (χ1v) is 7.96. The van der Waals surface area contributed by atoms with Crippen molar-refractivity contribution in [1.29, 1.82) is 0 Å². The van der Waals surface area contributed by atoms with Crippen LogP contribution in [-0.4, -0.2) is 49.1 Å². The van der Waals surface area contributed by atoms with Gasteiger partial charge in [0.2, 0.25) is 0 Å². The zero-order valence-electron chi connectivity index (χ0n) is 13.2. The van der Waals surface area contributed by atoms with Crippen molar-refractivity contribution in [2.75, 3.05) is 39.3 Å². The van der Waals surface area contributed by atoms with Crippen LogP contribution in [-0.2, 0) is 13.1 Å². The lowest BCUT2D eigenvalue weighted by Gasteiger charge is -2.33. The molecule has 0 saturated carbocycles. The van der Waals surface area contributed by atoms with Gasteiger partial charge in [-0.3, -0.25) is 4.90 Å². The molecular formula is C16H29N3O. The molecule has 0 amide bonds. The Morgan fingerprint density at radius 2 is 1.85 bits per heavy atom. The van der Waals surface area contributed by atoms with Crippen LogP contribution in [0.25, 0.3) is 0 Å². The van der Waals surface area contributed by atoms with Gasteiger partial charge in [-0.15, -0.1) is 0 Å². The number of nitrogens with one attached hydrogen (secondary N) is 1. The Balaban J connectivity index is 1.83. The summed E-state index contributed by atoms with van der Waals surface area (Å²) in [6.07, 6.45) is 1.16. The van der Waals surface area contributed by atoms with Crippen LogP contribution in [0, 0.1) is 6.92 Å². The first-order chi connectivity index (χ1) is 9.72. The fourth-order valence-electron chi connectivity index (χ4n) is 2.72. The number of hydrogen-bond donors (Lipinski definition) is 1. The molecule has 1 N–H and O–H groups in total. The summed E-state index contributed by atoms with van der Waals surface area (Å²) in [4.78, 5) is 5.05. The summed E-state index contributed by atoms with van der Waals surface area (Å²) in [5.74, 6) is 2.15. The predicted molar refractivity (Wildman–Crippen MR) is 82.8 cm³/mol. The van der Waals surface area contributed by atoms with Crippen LogP contribution in [0.15, 0.2) is 10.5 Å². The lowest BCUT2D eigenvalue weighted by molar-refractivity contribution is 0.131. The van der Waals surface area contributed by atoms with E-state index in [1.807, 2.05) is 0 Å². The third kappa shape index (κ3) is 4.33. The Labute approximate surface area is 123 Å². The average molecular weight is 279 g/mol. The van der Waals surface area contributed by atoms with Gasteiger partial charge < -0.3 is 14.6 Å². The van der Waals surface area contributed by atoms with E-state index < -0.39 is 0 Å². The fraction of sp³-hybridized carbons (Fsp3) is 0.750. The molecule has 0 aliphatic carbocycles. The van der Waals surface area contributed by atoms with Gasteiger partial charge in [-0.2, -0.15) is 0 Å². The third-order valence-corrected chi connectivity index (χ3v) is 4.10. The van der Waals surface area contributed by atoms with Crippen molar-refractivity contribution in [2.45, 2.75) is 40.3 Å². The van der Waals surface area contributed by atoms with Crippen molar-refractivity contribution in [2.24, 2.45) is 0 Å². The molecule has 0 spiro atoms. The lowest BCUT2D eigenvalue weighted by Crippen LogP contribution is -2.45. The molecule has 1 aliphatic rings. The Kier molecular flexibility index (Phi) is 6.07. The molecule has 0 bridgehead atoms. The molecular weight excluding hydrogens is 250 g/mol. The van der Waals surface area contributed by atoms with Gasteiger partial charge in [0.1, 0.15) is 11.5 Å². The molecule has 0 aromatic carbocycles. The molecule has 20 heavy (non-hydrogen) atoms. The predicted octanol–water partition coefficient (Wildman–Crippen LogP) is 2.23. The van der Waals surface area contributed by atoms with Crippen molar-refractivity contribution in [3.05, 3.63) is 23.2 Å². The molecule has 2 rings (SSSR count). The Bertz CT molecular complexity index is 394. The summed E-state index contributed by atoms with van der Waals surface area (Å²) in [7, 11) is 0. The van der Waals surface area contributed by atoms with E-state index in [1.54, 1.807) is 0 Å². The highest BCUT2D eigenvalue weighted by atomic mass is 16.3. The molecule has 114 valence electrons. The summed E-state index contributed by atoms with van der Waals surface area (Å²) in [6.45, 7) is 15.3. The van der Waals surface area contributed by atoms with E-state index in [0.29, 0.717) is 0 Å². The zero-order valence-corrected chi connectivity index (χ0v) is 13.2. The van der Waals surface area contributed by atoms with Gasteiger partial charge >= 0.3 is 0 Å². The molecule has 1 aromatic rings. The van der Waals surface area contributed by atoms with Crippen molar-refractivity contribution in [1.82, 2.24) is 15.1 Å². The molecule has 1 aliphatic heterocycles. The van der Waals surface area contributed by atoms with Crippen LogP contribution in [0.2, 0.25) is 0 Å². The quantitative estimate of drug-likeness (QED) is 0.776. The first kappa shape index (κ1) is 15.5. The lowest BCUT2D eigenvalue weighted by atomic mass is 10.2. The van der Waals surface area contributed by atoms with Crippen LogP contribution in [0.5, 0.6) is 0 Å². The van der Waals surface area contributed by atoms with Crippen molar-refractivity contribution < 1.29 is 4.42 Å². The minimum absolute atomic E-state index is 0.846. The maximum Gasteiger partial charge on any atom is 0.118 e. The number of furan rings is 1. The maximum absolute atomic E-state index is 5.85. The van der Waals surface area contributed by atoms with Crippen LogP contribution in [0.4, 0.5) is 0 Å².